The van der Waals surface area contributed by atoms with E-state index >= 15 is 0 Å². The predicted octanol–water partition coefficient (Wildman–Crippen LogP) is 3.23. The summed E-state index contributed by atoms with van der Waals surface area (Å²) in [6.45, 7) is 0.565. The first-order valence-corrected chi connectivity index (χ1v) is 9.92. The van der Waals surface area contributed by atoms with E-state index in [4.69, 9.17) is 9.47 Å². The number of fused-ring (bicyclic) bond motifs is 6. The number of cyclic esters (lactones) is 2. The molecule has 6 fully saturated rings. The second-order valence-electron chi connectivity index (χ2n) is 9.92. The third-order valence-corrected chi connectivity index (χ3v) is 9.18. The van der Waals surface area contributed by atoms with Crippen LogP contribution in [0.25, 0.3) is 0 Å². The zero-order valence-corrected chi connectivity index (χ0v) is 14.2. The van der Waals surface area contributed by atoms with Crippen molar-refractivity contribution < 1.29 is 19.1 Å². The largest absolute Gasteiger partial charge is 0.465 e. The van der Waals surface area contributed by atoms with Crippen LogP contribution in [0.1, 0.15) is 64.2 Å². The predicted molar refractivity (Wildman–Crippen MR) is 84.8 cm³/mol. The minimum absolute atomic E-state index is 0.0187. The lowest BCUT2D eigenvalue weighted by atomic mass is 9.57. The molecule has 0 radical (unpaired) electrons. The number of rotatable bonds is 1. The number of carbonyl (C=O) groups excluding carboxylic acids is 2. The van der Waals surface area contributed by atoms with Crippen LogP contribution in [0.15, 0.2) is 0 Å². The summed E-state index contributed by atoms with van der Waals surface area (Å²) < 4.78 is 11.6. The minimum Gasteiger partial charge on any atom is -0.465 e. The van der Waals surface area contributed by atoms with E-state index in [1.165, 1.54) is 25.7 Å². The van der Waals surface area contributed by atoms with Crippen molar-refractivity contribution in [3.63, 3.8) is 0 Å². The molecule has 4 aliphatic carbocycles. The first kappa shape index (κ1) is 14.1. The third-order valence-electron chi connectivity index (χ3n) is 9.18. The molecule has 6 rings (SSSR count). The van der Waals surface area contributed by atoms with E-state index in [2.05, 4.69) is 0 Å². The van der Waals surface area contributed by atoms with Gasteiger partial charge in [0.05, 0.1) is 18.4 Å². The van der Waals surface area contributed by atoms with Gasteiger partial charge in [0, 0.05) is 17.3 Å². The van der Waals surface area contributed by atoms with Crippen molar-refractivity contribution in [1.82, 2.24) is 0 Å². The summed E-state index contributed by atoms with van der Waals surface area (Å²) >= 11 is 0. The van der Waals surface area contributed by atoms with Gasteiger partial charge in [-0.15, -0.1) is 0 Å². The summed E-state index contributed by atoms with van der Waals surface area (Å²) in [4.78, 5) is 24.9. The van der Waals surface area contributed by atoms with Crippen molar-refractivity contribution >= 4 is 11.9 Å². The van der Waals surface area contributed by atoms with E-state index in [1.807, 2.05) is 0 Å². The Morgan fingerprint density at radius 2 is 1.88 bits per heavy atom. The molecule has 0 aromatic carbocycles. The zero-order chi connectivity index (χ0) is 16.2. The van der Waals surface area contributed by atoms with E-state index in [1.54, 1.807) is 0 Å². The number of ether oxygens (including phenoxy) is 2. The number of carbonyl (C=O) groups is 2. The van der Waals surface area contributed by atoms with Gasteiger partial charge >= 0.3 is 11.9 Å². The minimum atomic E-state index is -0.173. The highest BCUT2D eigenvalue weighted by Gasteiger charge is 2.72. The van der Waals surface area contributed by atoms with Crippen LogP contribution in [-0.4, -0.2) is 24.6 Å². The first-order valence-electron chi connectivity index (χ1n) is 9.92. The van der Waals surface area contributed by atoms with Gasteiger partial charge in [-0.05, 0) is 62.7 Å². The maximum Gasteiger partial charge on any atom is 0.312 e. The SMILES string of the molecule is O=C1CC2(CO1)CC1CCC2(C2CC3(CC4CCC3C4)C(=O)O2)C1. The van der Waals surface area contributed by atoms with Gasteiger partial charge in [0.15, 0.2) is 0 Å². The van der Waals surface area contributed by atoms with E-state index < -0.39 is 0 Å². The molecule has 7 atom stereocenters. The smallest absolute Gasteiger partial charge is 0.312 e. The fourth-order valence-corrected chi connectivity index (χ4v) is 8.23. The molecule has 0 aromatic rings. The van der Waals surface area contributed by atoms with Gasteiger partial charge in [-0.2, -0.15) is 0 Å². The van der Waals surface area contributed by atoms with E-state index in [0.29, 0.717) is 24.9 Å². The third kappa shape index (κ3) is 1.44. The second kappa shape index (κ2) is 4.19. The number of esters is 2. The molecule has 2 saturated heterocycles. The normalized spacial score (nSPS) is 57.5. The maximum atomic E-state index is 13.0. The molecule has 0 N–H and O–H groups in total. The van der Waals surface area contributed by atoms with Crippen molar-refractivity contribution in [3.05, 3.63) is 0 Å². The van der Waals surface area contributed by atoms with Gasteiger partial charge in [-0.3, -0.25) is 9.59 Å². The molecule has 0 amide bonds. The first-order chi connectivity index (χ1) is 11.6. The van der Waals surface area contributed by atoms with Crippen molar-refractivity contribution in [2.24, 2.45) is 34.0 Å². The highest BCUT2D eigenvalue weighted by molar-refractivity contribution is 5.80. The molecule has 4 heteroatoms. The highest BCUT2D eigenvalue weighted by atomic mass is 16.6. The molecule has 2 heterocycles. The van der Waals surface area contributed by atoms with E-state index in [9.17, 15) is 9.59 Å². The maximum absolute atomic E-state index is 13.0. The molecule has 2 spiro atoms. The molecule has 4 saturated carbocycles. The molecule has 130 valence electrons. The van der Waals surface area contributed by atoms with Gasteiger partial charge in [0.25, 0.3) is 0 Å². The molecular weight excluding hydrogens is 304 g/mol. The summed E-state index contributed by atoms with van der Waals surface area (Å²) in [5.74, 6) is 2.08. The van der Waals surface area contributed by atoms with Crippen LogP contribution in [0, 0.1) is 34.0 Å². The Balaban J connectivity index is 1.37. The summed E-state index contributed by atoms with van der Waals surface area (Å²) in [5.41, 5.74) is -0.195. The van der Waals surface area contributed by atoms with Crippen LogP contribution in [0.2, 0.25) is 0 Å². The van der Waals surface area contributed by atoms with Crippen LogP contribution in [0.5, 0.6) is 0 Å². The molecule has 24 heavy (non-hydrogen) atoms. The molecule has 6 aliphatic rings. The zero-order valence-electron chi connectivity index (χ0n) is 14.2. The summed E-state index contributed by atoms with van der Waals surface area (Å²) in [5, 5.41) is 0. The summed E-state index contributed by atoms with van der Waals surface area (Å²) in [6.07, 6.45) is 11.0. The Bertz CT molecular complexity index is 644. The Hall–Kier alpha value is -1.06. The average Bonchev–Trinajstić information content (AvgIpc) is 3.34. The Morgan fingerprint density at radius 1 is 0.958 bits per heavy atom. The molecule has 0 aromatic heterocycles. The molecular formula is C20H26O4. The highest BCUT2D eigenvalue weighted by Crippen LogP contribution is 2.72. The Labute approximate surface area is 142 Å². The van der Waals surface area contributed by atoms with Crippen molar-refractivity contribution in [2.45, 2.75) is 70.3 Å². The quantitative estimate of drug-likeness (QED) is 0.693. The Morgan fingerprint density at radius 3 is 2.54 bits per heavy atom. The van der Waals surface area contributed by atoms with Crippen molar-refractivity contribution in [1.29, 1.82) is 0 Å². The van der Waals surface area contributed by atoms with Gasteiger partial charge in [0.2, 0.25) is 0 Å². The molecule has 4 nitrogen and oxygen atoms in total. The van der Waals surface area contributed by atoms with Crippen molar-refractivity contribution in [2.75, 3.05) is 6.61 Å². The summed E-state index contributed by atoms with van der Waals surface area (Å²) in [6, 6.07) is 0. The molecule has 7 unspecified atom stereocenters. The standard InChI is InChI=1S/C20H26O4/c21-16-10-18(11-23-16)6-13-3-4-20(18,8-13)15-9-19(17(22)24-15)7-12-1-2-14(19)5-12/h12-15H,1-11H2. The number of hydrogen-bond acceptors (Lipinski definition) is 4. The van der Waals surface area contributed by atoms with Gasteiger partial charge < -0.3 is 9.47 Å². The van der Waals surface area contributed by atoms with Crippen LogP contribution in [0.4, 0.5) is 0 Å². The molecule has 2 aliphatic heterocycles. The lowest BCUT2D eigenvalue weighted by molar-refractivity contribution is -0.158. The average molecular weight is 330 g/mol. The fraction of sp³-hybridized carbons (Fsp3) is 0.900. The van der Waals surface area contributed by atoms with Gasteiger partial charge in [-0.25, -0.2) is 0 Å². The second-order valence-corrected chi connectivity index (χ2v) is 9.92. The summed E-state index contributed by atoms with van der Waals surface area (Å²) in [7, 11) is 0. The lowest BCUT2D eigenvalue weighted by Crippen LogP contribution is -2.47. The molecule has 4 bridgehead atoms. The van der Waals surface area contributed by atoms with Crippen LogP contribution in [-0.2, 0) is 19.1 Å². The van der Waals surface area contributed by atoms with E-state index in [0.717, 1.165) is 38.0 Å². The van der Waals surface area contributed by atoms with Crippen molar-refractivity contribution in [3.8, 4) is 0 Å². The van der Waals surface area contributed by atoms with Crippen LogP contribution in [0.3, 0.4) is 0 Å². The van der Waals surface area contributed by atoms with E-state index in [-0.39, 0.29) is 34.3 Å². The van der Waals surface area contributed by atoms with Crippen LogP contribution < -0.4 is 0 Å². The number of hydrogen-bond donors (Lipinski definition) is 0. The van der Waals surface area contributed by atoms with Gasteiger partial charge in [0.1, 0.15) is 6.10 Å². The Kier molecular flexibility index (Phi) is 2.47. The topological polar surface area (TPSA) is 52.6 Å². The fourth-order valence-electron chi connectivity index (χ4n) is 8.23. The lowest BCUT2D eigenvalue weighted by Gasteiger charge is -2.45. The van der Waals surface area contributed by atoms with Gasteiger partial charge in [-0.1, -0.05) is 6.42 Å². The van der Waals surface area contributed by atoms with Crippen LogP contribution >= 0.6 is 0 Å². The monoisotopic (exact) mass is 330 g/mol.